The number of rotatable bonds is 5. The van der Waals surface area contributed by atoms with Crippen molar-refractivity contribution in [2.75, 3.05) is 12.3 Å². The largest absolute Gasteiger partial charge is 0.465 e. The number of anilines is 1. The van der Waals surface area contributed by atoms with Gasteiger partial charge in [0.25, 0.3) is 0 Å². The van der Waals surface area contributed by atoms with Gasteiger partial charge in [0.15, 0.2) is 0 Å². The first-order valence-corrected chi connectivity index (χ1v) is 7.44. The van der Waals surface area contributed by atoms with Crippen molar-refractivity contribution in [1.82, 2.24) is 4.57 Å². The van der Waals surface area contributed by atoms with E-state index in [0.29, 0.717) is 18.0 Å². The van der Waals surface area contributed by atoms with Gasteiger partial charge in [-0.1, -0.05) is 6.07 Å². The maximum Gasteiger partial charge on any atom is 0.325 e. The Bertz CT molecular complexity index is 822. The van der Waals surface area contributed by atoms with Gasteiger partial charge in [0.2, 0.25) is 0 Å². The summed E-state index contributed by atoms with van der Waals surface area (Å²) >= 11 is 0. The number of nitrogens with zero attached hydrogens (tertiary/aromatic N) is 1. The van der Waals surface area contributed by atoms with Crippen LogP contribution in [0.3, 0.4) is 0 Å². The molecule has 0 bridgehead atoms. The maximum atomic E-state index is 11.7. The molecule has 0 spiro atoms. The molecule has 0 radical (unpaired) electrons. The number of carbonyl (C=O) groups excluding carboxylic acids is 1. The van der Waals surface area contributed by atoms with Gasteiger partial charge in [0, 0.05) is 17.3 Å². The lowest BCUT2D eigenvalue weighted by Gasteiger charge is -2.09. The van der Waals surface area contributed by atoms with Crippen LogP contribution in [0.1, 0.15) is 6.92 Å². The molecule has 0 saturated carbocycles. The van der Waals surface area contributed by atoms with E-state index in [1.54, 1.807) is 19.1 Å². The second-order valence-electron chi connectivity index (χ2n) is 5.11. The summed E-state index contributed by atoms with van der Waals surface area (Å²) in [6.45, 7) is 2.36. The summed E-state index contributed by atoms with van der Waals surface area (Å²) in [5, 5.41) is 0.939. The minimum Gasteiger partial charge on any atom is -0.465 e. The third-order valence-electron chi connectivity index (χ3n) is 3.49. The first-order valence-electron chi connectivity index (χ1n) is 7.44. The van der Waals surface area contributed by atoms with E-state index in [1.165, 1.54) is 0 Å². The quantitative estimate of drug-likeness (QED) is 0.578. The molecule has 0 fully saturated rings. The van der Waals surface area contributed by atoms with E-state index in [2.05, 4.69) is 0 Å². The van der Waals surface area contributed by atoms with Crippen LogP contribution < -0.4 is 10.5 Å². The summed E-state index contributed by atoms with van der Waals surface area (Å²) in [5.74, 6) is 1.19. The maximum absolute atomic E-state index is 11.7. The highest BCUT2D eigenvalue weighted by Crippen LogP contribution is 2.31. The van der Waals surface area contributed by atoms with Gasteiger partial charge in [-0.15, -0.1) is 0 Å². The van der Waals surface area contributed by atoms with E-state index in [-0.39, 0.29) is 12.5 Å². The van der Waals surface area contributed by atoms with Gasteiger partial charge >= 0.3 is 5.97 Å². The van der Waals surface area contributed by atoms with Crippen molar-refractivity contribution in [3.8, 4) is 11.5 Å². The third-order valence-corrected chi connectivity index (χ3v) is 3.49. The number of aromatic nitrogens is 1. The SMILES string of the molecule is CCOC(=O)Cn1ccc2c(Oc3ccc(N)cc3)cccc21. The molecule has 0 amide bonds. The summed E-state index contributed by atoms with van der Waals surface area (Å²) in [6.07, 6.45) is 1.86. The molecule has 2 N–H and O–H groups in total. The van der Waals surface area contributed by atoms with Crippen LogP contribution in [0.15, 0.2) is 54.7 Å². The predicted octanol–water partition coefficient (Wildman–Crippen LogP) is 3.58. The van der Waals surface area contributed by atoms with Crippen LogP contribution in [0.2, 0.25) is 0 Å². The molecular weight excluding hydrogens is 292 g/mol. The van der Waals surface area contributed by atoms with Crippen LogP contribution >= 0.6 is 0 Å². The standard InChI is InChI=1S/C18H18N2O3/c1-2-22-18(21)12-20-11-10-15-16(20)4-3-5-17(15)23-14-8-6-13(19)7-9-14/h3-11H,2,12,19H2,1H3. The molecule has 23 heavy (non-hydrogen) atoms. The molecule has 118 valence electrons. The van der Waals surface area contributed by atoms with Crippen LogP contribution in [0.5, 0.6) is 11.5 Å². The van der Waals surface area contributed by atoms with Crippen molar-refractivity contribution in [3.63, 3.8) is 0 Å². The summed E-state index contributed by atoms with van der Waals surface area (Å²) < 4.78 is 12.8. The number of esters is 1. The molecular formula is C18H18N2O3. The fraction of sp³-hybridized carbons (Fsp3) is 0.167. The van der Waals surface area contributed by atoms with E-state index < -0.39 is 0 Å². The zero-order chi connectivity index (χ0) is 16.2. The fourth-order valence-electron chi connectivity index (χ4n) is 2.43. The first-order chi connectivity index (χ1) is 11.2. The second kappa shape index (κ2) is 6.44. The highest BCUT2D eigenvalue weighted by molar-refractivity contribution is 5.87. The molecule has 1 heterocycles. The number of carbonyl (C=O) groups is 1. The van der Waals surface area contributed by atoms with Crippen LogP contribution in [-0.2, 0) is 16.1 Å². The van der Waals surface area contributed by atoms with Gasteiger partial charge < -0.3 is 19.8 Å². The van der Waals surface area contributed by atoms with Crippen LogP contribution in [-0.4, -0.2) is 17.1 Å². The van der Waals surface area contributed by atoms with Gasteiger partial charge in [-0.05, 0) is 49.4 Å². The second-order valence-corrected chi connectivity index (χ2v) is 5.11. The summed E-state index contributed by atoms with van der Waals surface area (Å²) in [6, 6.07) is 14.9. The van der Waals surface area contributed by atoms with Gasteiger partial charge in [0.05, 0.1) is 12.1 Å². The fourth-order valence-corrected chi connectivity index (χ4v) is 2.43. The van der Waals surface area contributed by atoms with Crippen molar-refractivity contribution in [3.05, 3.63) is 54.7 Å². The minimum atomic E-state index is -0.255. The molecule has 0 aliphatic heterocycles. The van der Waals surface area contributed by atoms with Crippen molar-refractivity contribution in [1.29, 1.82) is 0 Å². The zero-order valence-electron chi connectivity index (χ0n) is 12.9. The van der Waals surface area contributed by atoms with E-state index in [9.17, 15) is 4.79 Å². The number of hydrogen-bond acceptors (Lipinski definition) is 4. The molecule has 0 saturated heterocycles. The molecule has 0 aliphatic carbocycles. The lowest BCUT2D eigenvalue weighted by Crippen LogP contribution is -2.12. The Labute approximate surface area is 134 Å². The Balaban J connectivity index is 1.89. The van der Waals surface area contributed by atoms with E-state index >= 15 is 0 Å². The first kappa shape index (κ1) is 15.0. The Kier molecular flexibility index (Phi) is 4.19. The summed E-state index contributed by atoms with van der Waals surface area (Å²) in [4.78, 5) is 11.7. The predicted molar refractivity (Wildman–Crippen MR) is 89.5 cm³/mol. The molecule has 1 aromatic heterocycles. The lowest BCUT2D eigenvalue weighted by atomic mass is 10.2. The number of nitrogen functional groups attached to an aromatic ring is 1. The molecule has 3 rings (SSSR count). The highest BCUT2D eigenvalue weighted by atomic mass is 16.5. The average molecular weight is 310 g/mol. The Morgan fingerprint density at radius 3 is 2.65 bits per heavy atom. The van der Waals surface area contributed by atoms with Crippen LogP contribution in [0.25, 0.3) is 10.9 Å². The molecule has 3 aromatic rings. The van der Waals surface area contributed by atoms with E-state index in [4.69, 9.17) is 15.2 Å². The summed E-state index contributed by atoms with van der Waals surface area (Å²) in [5.41, 5.74) is 7.30. The average Bonchev–Trinajstić information content (AvgIpc) is 2.94. The third kappa shape index (κ3) is 3.29. The zero-order valence-corrected chi connectivity index (χ0v) is 12.9. The lowest BCUT2D eigenvalue weighted by molar-refractivity contribution is -0.143. The molecule has 5 nitrogen and oxygen atoms in total. The molecule has 0 aliphatic rings. The van der Waals surface area contributed by atoms with Crippen LogP contribution in [0.4, 0.5) is 5.69 Å². The van der Waals surface area contributed by atoms with Crippen molar-refractivity contribution in [2.45, 2.75) is 13.5 Å². The normalized spacial score (nSPS) is 10.7. The topological polar surface area (TPSA) is 66.5 Å². The van der Waals surface area contributed by atoms with Crippen molar-refractivity contribution in [2.24, 2.45) is 0 Å². The molecule has 5 heteroatoms. The number of nitrogens with two attached hydrogens (primary N) is 1. The Morgan fingerprint density at radius 2 is 1.91 bits per heavy atom. The van der Waals surface area contributed by atoms with Gasteiger partial charge in [-0.2, -0.15) is 0 Å². The number of benzene rings is 2. The minimum absolute atomic E-state index is 0.183. The van der Waals surface area contributed by atoms with Gasteiger partial charge in [0.1, 0.15) is 18.0 Å². The van der Waals surface area contributed by atoms with Crippen molar-refractivity contribution >= 4 is 22.6 Å². The molecule has 0 unspecified atom stereocenters. The Morgan fingerprint density at radius 1 is 1.13 bits per heavy atom. The van der Waals surface area contributed by atoms with E-state index in [1.807, 2.05) is 47.2 Å². The monoisotopic (exact) mass is 310 g/mol. The number of hydrogen-bond donors (Lipinski definition) is 1. The number of ether oxygens (including phenoxy) is 2. The molecule has 2 aromatic carbocycles. The number of fused-ring (bicyclic) bond motifs is 1. The highest BCUT2D eigenvalue weighted by Gasteiger charge is 2.10. The van der Waals surface area contributed by atoms with Gasteiger partial charge in [-0.3, -0.25) is 4.79 Å². The Hall–Kier alpha value is -2.95. The summed E-state index contributed by atoms with van der Waals surface area (Å²) in [7, 11) is 0. The van der Waals surface area contributed by atoms with Crippen molar-refractivity contribution < 1.29 is 14.3 Å². The van der Waals surface area contributed by atoms with Crippen LogP contribution in [0, 0.1) is 0 Å². The smallest absolute Gasteiger partial charge is 0.325 e. The molecule has 0 atom stereocenters. The van der Waals surface area contributed by atoms with Gasteiger partial charge in [-0.25, -0.2) is 0 Å². The van der Waals surface area contributed by atoms with E-state index in [0.717, 1.165) is 16.7 Å².